The number of hydrogen-bond acceptors (Lipinski definition) is 3. The highest BCUT2D eigenvalue weighted by molar-refractivity contribution is 5.99. The number of halogens is 1. The molecule has 0 saturated heterocycles. The molecule has 0 N–H and O–H groups in total. The summed E-state index contributed by atoms with van der Waals surface area (Å²) in [7, 11) is 0. The molecule has 3 aromatic carbocycles. The quantitative estimate of drug-likeness (QED) is 0.392. The second-order valence-corrected chi connectivity index (χ2v) is 6.56. The van der Waals surface area contributed by atoms with Crippen molar-refractivity contribution in [2.75, 3.05) is 6.61 Å². The van der Waals surface area contributed by atoms with Crippen molar-refractivity contribution in [2.24, 2.45) is 0 Å². The van der Waals surface area contributed by atoms with Gasteiger partial charge in [0.1, 0.15) is 5.82 Å². The molecule has 0 atom stereocenters. The predicted octanol–water partition coefficient (Wildman–Crippen LogP) is 4.37. The third-order valence-corrected chi connectivity index (χ3v) is 4.78. The van der Waals surface area contributed by atoms with E-state index in [1.165, 1.54) is 23.3 Å². The molecule has 134 valence electrons. The first-order valence-electron chi connectivity index (χ1n) is 8.75. The lowest BCUT2D eigenvalue weighted by Gasteiger charge is -2.07. The van der Waals surface area contributed by atoms with Gasteiger partial charge in [-0.2, -0.15) is 0 Å². The summed E-state index contributed by atoms with van der Waals surface area (Å²) < 4.78 is 18.6. The monoisotopic (exact) mass is 360 g/mol. The van der Waals surface area contributed by atoms with Gasteiger partial charge in [-0.25, -0.2) is 4.39 Å². The van der Waals surface area contributed by atoms with Crippen LogP contribution in [-0.4, -0.2) is 18.4 Å². The van der Waals surface area contributed by atoms with Gasteiger partial charge < -0.3 is 4.74 Å². The molecule has 0 aromatic heterocycles. The number of ketones is 1. The van der Waals surface area contributed by atoms with E-state index in [9.17, 15) is 14.0 Å². The summed E-state index contributed by atoms with van der Waals surface area (Å²) in [5.41, 5.74) is 5.37. The number of benzene rings is 3. The highest BCUT2D eigenvalue weighted by Crippen LogP contribution is 2.36. The average Bonchev–Trinajstić information content (AvgIpc) is 3.06. The molecule has 0 bridgehead atoms. The summed E-state index contributed by atoms with van der Waals surface area (Å²) in [6.07, 6.45) is 0.662. The summed E-state index contributed by atoms with van der Waals surface area (Å²) in [4.78, 5) is 24.3. The molecule has 0 amide bonds. The van der Waals surface area contributed by atoms with Crippen molar-refractivity contribution >= 4 is 11.8 Å². The fourth-order valence-corrected chi connectivity index (χ4v) is 3.37. The standard InChI is InChI=1S/C23H17FO3/c24-21-8-4-2-6-17(21)13-23(26)27-14-22(25)18-10-9-16-11-15-5-1-3-7-19(15)20(16)12-18/h1-10,12H,11,13-14H2. The van der Waals surface area contributed by atoms with Crippen LogP contribution in [0.15, 0.2) is 66.7 Å². The van der Waals surface area contributed by atoms with Crippen molar-refractivity contribution < 1.29 is 18.7 Å². The predicted molar refractivity (Wildman–Crippen MR) is 100 cm³/mol. The number of Topliss-reactive ketones (excluding diaryl/α,β-unsaturated/α-hetero) is 1. The van der Waals surface area contributed by atoms with Gasteiger partial charge in [0.15, 0.2) is 12.4 Å². The van der Waals surface area contributed by atoms with Crippen LogP contribution in [0.1, 0.15) is 27.0 Å². The largest absolute Gasteiger partial charge is 0.457 e. The van der Waals surface area contributed by atoms with Crippen LogP contribution in [0.3, 0.4) is 0 Å². The lowest BCUT2D eigenvalue weighted by Crippen LogP contribution is -2.16. The van der Waals surface area contributed by atoms with Crippen molar-refractivity contribution in [3.05, 3.63) is 94.8 Å². The second-order valence-electron chi connectivity index (χ2n) is 6.56. The van der Waals surface area contributed by atoms with E-state index in [0.717, 1.165) is 17.5 Å². The number of ether oxygens (including phenoxy) is 1. The van der Waals surface area contributed by atoms with Crippen LogP contribution in [0.25, 0.3) is 11.1 Å². The Hall–Kier alpha value is -3.27. The Morgan fingerprint density at radius 1 is 0.889 bits per heavy atom. The van der Waals surface area contributed by atoms with Crippen molar-refractivity contribution in [1.29, 1.82) is 0 Å². The minimum Gasteiger partial charge on any atom is -0.457 e. The molecule has 0 heterocycles. The van der Waals surface area contributed by atoms with Gasteiger partial charge in [-0.1, -0.05) is 54.6 Å². The number of rotatable bonds is 5. The molecule has 0 saturated carbocycles. The minimum absolute atomic E-state index is 0.197. The van der Waals surface area contributed by atoms with E-state index in [1.807, 2.05) is 30.3 Å². The average molecular weight is 360 g/mol. The zero-order valence-electron chi connectivity index (χ0n) is 14.6. The van der Waals surface area contributed by atoms with E-state index in [1.54, 1.807) is 18.2 Å². The number of carbonyl (C=O) groups is 2. The van der Waals surface area contributed by atoms with Gasteiger partial charge in [-0.15, -0.1) is 0 Å². The van der Waals surface area contributed by atoms with E-state index >= 15 is 0 Å². The summed E-state index contributed by atoms with van der Waals surface area (Å²) >= 11 is 0. The smallest absolute Gasteiger partial charge is 0.310 e. The zero-order chi connectivity index (χ0) is 18.8. The van der Waals surface area contributed by atoms with Crippen LogP contribution in [0.4, 0.5) is 4.39 Å². The highest BCUT2D eigenvalue weighted by Gasteiger charge is 2.20. The maximum absolute atomic E-state index is 13.6. The SMILES string of the molecule is O=C(Cc1ccccc1F)OCC(=O)c1ccc2c(c1)-c1ccccc1C2. The first kappa shape index (κ1) is 17.2. The molecule has 0 unspecified atom stereocenters. The number of hydrogen-bond donors (Lipinski definition) is 0. The maximum atomic E-state index is 13.6. The number of fused-ring (bicyclic) bond motifs is 3. The fraction of sp³-hybridized carbons (Fsp3) is 0.130. The summed E-state index contributed by atoms with van der Waals surface area (Å²) in [6.45, 7) is -0.353. The minimum atomic E-state index is -0.625. The number of carbonyl (C=O) groups excluding carboxylic acids is 2. The molecule has 1 aliphatic rings. The van der Waals surface area contributed by atoms with Crippen molar-refractivity contribution in [3.63, 3.8) is 0 Å². The van der Waals surface area contributed by atoms with Crippen molar-refractivity contribution in [1.82, 2.24) is 0 Å². The van der Waals surface area contributed by atoms with Crippen LogP contribution in [0.2, 0.25) is 0 Å². The van der Waals surface area contributed by atoms with Crippen LogP contribution in [0.5, 0.6) is 0 Å². The molecule has 27 heavy (non-hydrogen) atoms. The molecular weight excluding hydrogens is 343 g/mol. The Morgan fingerprint density at radius 3 is 2.48 bits per heavy atom. The summed E-state index contributed by atoms with van der Waals surface area (Å²) in [5.74, 6) is -1.36. The normalized spacial score (nSPS) is 11.6. The van der Waals surface area contributed by atoms with E-state index in [-0.39, 0.29) is 24.4 Å². The molecule has 0 spiro atoms. The van der Waals surface area contributed by atoms with Crippen LogP contribution in [-0.2, 0) is 22.4 Å². The molecule has 0 radical (unpaired) electrons. The lowest BCUT2D eigenvalue weighted by molar-refractivity contribution is -0.141. The van der Waals surface area contributed by atoms with Crippen LogP contribution in [0, 0.1) is 5.82 Å². The van der Waals surface area contributed by atoms with Gasteiger partial charge in [0.25, 0.3) is 0 Å². The lowest BCUT2D eigenvalue weighted by atomic mass is 10.0. The summed E-state index contributed by atoms with van der Waals surface area (Å²) in [6, 6.07) is 19.7. The van der Waals surface area contributed by atoms with Gasteiger partial charge in [0, 0.05) is 5.56 Å². The first-order chi connectivity index (χ1) is 13.1. The third-order valence-electron chi connectivity index (χ3n) is 4.78. The molecule has 4 heteroatoms. The van der Waals surface area contributed by atoms with Crippen LogP contribution >= 0.6 is 0 Å². The maximum Gasteiger partial charge on any atom is 0.310 e. The van der Waals surface area contributed by atoms with Crippen molar-refractivity contribution in [3.8, 4) is 11.1 Å². The van der Waals surface area contributed by atoms with Gasteiger partial charge in [0.2, 0.25) is 0 Å². The third kappa shape index (κ3) is 3.51. The van der Waals surface area contributed by atoms with Crippen molar-refractivity contribution in [2.45, 2.75) is 12.8 Å². The summed E-state index contributed by atoms with van der Waals surface area (Å²) in [5, 5.41) is 0. The molecule has 4 rings (SSSR count). The molecule has 0 aliphatic heterocycles. The topological polar surface area (TPSA) is 43.4 Å². The van der Waals surface area contributed by atoms with Crippen LogP contribution < -0.4 is 0 Å². The van der Waals surface area contributed by atoms with E-state index in [2.05, 4.69) is 6.07 Å². The molecule has 0 fully saturated rings. The Balaban J connectivity index is 1.43. The molecular formula is C23H17FO3. The van der Waals surface area contributed by atoms with Gasteiger partial charge >= 0.3 is 5.97 Å². The van der Waals surface area contributed by atoms with E-state index in [4.69, 9.17) is 4.74 Å². The highest BCUT2D eigenvalue weighted by atomic mass is 19.1. The van der Waals surface area contributed by atoms with E-state index in [0.29, 0.717) is 5.56 Å². The number of esters is 1. The Labute approximate surface area is 156 Å². The fourth-order valence-electron chi connectivity index (χ4n) is 3.37. The zero-order valence-corrected chi connectivity index (χ0v) is 14.6. The Bertz CT molecular complexity index is 1040. The Kier molecular flexibility index (Phi) is 4.55. The molecule has 3 aromatic rings. The Morgan fingerprint density at radius 2 is 1.63 bits per heavy atom. The second kappa shape index (κ2) is 7.16. The molecule has 1 aliphatic carbocycles. The van der Waals surface area contributed by atoms with Gasteiger partial charge in [-0.3, -0.25) is 9.59 Å². The van der Waals surface area contributed by atoms with Gasteiger partial charge in [0.05, 0.1) is 6.42 Å². The molecule has 3 nitrogen and oxygen atoms in total. The van der Waals surface area contributed by atoms with E-state index < -0.39 is 11.8 Å². The first-order valence-corrected chi connectivity index (χ1v) is 8.75. The van der Waals surface area contributed by atoms with Gasteiger partial charge in [-0.05, 0) is 46.4 Å².